The average Bonchev–Trinajstić information content (AvgIpc) is 3.34. The van der Waals surface area contributed by atoms with Crippen molar-refractivity contribution < 1.29 is 27.6 Å². The van der Waals surface area contributed by atoms with Gasteiger partial charge in [0, 0.05) is 29.3 Å². The van der Waals surface area contributed by atoms with E-state index in [4.69, 9.17) is 16.7 Å². The molecule has 0 bridgehead atoms. The second-order valence-electron chi connectivity index (χ2n) is 9.93. The number of nitrogens with one attached hydrogen (secondary N) is 2. The molecule has 3 aromatic carbocycles. The number of carbonyl (C=O) groups is 3. The van der Waals surface area contributed by atoms with Crippen LogP contribution in [0, 0.1) is 6.92 Å². The zero-order valence-electron chi connectivity index (χ0n) is 23.2. The lowest BCUT2D eigenvalue weighted by molar-refractivity contribution is -0.137. The summed E-state index contributed by atoms with van der Waals surface area (Å²) >= 11 is 5.77. The van der Waals surface area contributed by atoms with Crippen molar-refractivity contribution in [1.29, 1.82) is 0 Å². The second-order valence-corrected chi connectivity index (χ2v) is 10.2. The first-order valence-corrected chi connectivity index (χ1v) is 14.0. The number of anilines is 2. The Labute approximate surface area is 250 Å². The summed E-state index contributed by atoms with van der Waals surface area (Å²) in [5.41, 5.74) is 1.50. The number of carbonyl (C=O) groups excluding carboxylic acids is 3. The number of amides is 3. The molecule has 43 heavy (non-hydrogen) atoms. The normalized spacial score (nSPS) is 16.5. The Morgan fingerprint density at radius 1 is 1.00 bits per heavy atom. The number of halogens is 4. The fourth-order valence-electron chi connectivity index (χ4n) is 5.39. The topological polar surface area (TPSA) is 96.3 Å². The van der Waals surface area contributed by atoms with Gasteiger partial charge < -0.3 is 10.6 Å². The number of aryl methyl sites for hydroxylation is 1. The van der Waals surface area contributed by atoms with E-state index in [1.54, 1.807) is 42.8 Å². The van der Waals surface area contributed by atoms with E-state index in [0.29, 0.717) is 34.0 Å². The summed E-state index contributed by atoms with van der Waals surface area (Å²) in [5.74, 6) is -2.52. The number of hydrogen-bond acceptors (Lipinski definition) is 4. The van der Waals surface area contributed by atoms with Gasteiger partial charge in [0.05, 0.1) is 16.9 Å². The van der Waals surface area contributed by atoms with E-state index in [1.807, 2.05) is 30.3 Å². The average molecular weight is 610 g/mol. The Balaban J connectivity index is 1.70. The lowest BCUT2D eigenvalue weighted by Gasteiger charge is -2.39. The van der Waals surface area contributed by atoms with Crippen LogP contribution in [0.15, 0.2) is 78.9 Å². The predicted octanol–water partition coefficient (Wildman–Crippen LogP) is 5.67. The molecule has 0 aliphatic carbocycles. The quantitative estimate of drug-likeness (QED) is 0.264. The minimum absolute atomic E-state index is 0.219. The predicted molar refractivity (Wildman–Crippen MR) is 157 cm³/mol. The fraction of sp³-hybridized carbons (Fsp3) is 0.226. The minimum atomic E-state index is -4.66. The van der Waals surface area contributed by atoms with Gasteiger partial charge in [0.15, 0.2) is 0 Å². The van der Waals surface area contributed by atoms with E-state index in [9.17, 15) is 27.6 Å². The summed E-state index contributed by atoms with van der Waals surface area (Å²) < 4.78 is 41.9. The highest BCUT2D eigenvalue weighted by Crippen LogP contribution is 2.45. The number of likely N-dealkylation sites (N-methyl/N-ethyl adjacent to an activating group) is 1. The summed E-state index contributed by atoms with van der Waals surface area (Å²) in [6.07, 6.45) is -4.66. The van der Waals surface area contributed by atoms with E-state index in [-0.39, 0.29) is 18.0 Å². The third-order valence-corrected chi connectivity index (χ3v) is 7.50. The van der Waals surface area contributed by atoms with Crippen molar-refractivity contribution in [3.8, 4) is 5.69 Å². The second kappa shape index (κ2) is 11.9. The monoisotopic (exact) mass is 609 g/mol. The third kappa shape index (κ3) is 5.72. The van der Waals surface area contributed by atoms with Gasteiger partial charge in [0.25, 0.3) is 11.8 Å². The fourth-order valence-corrected chi connectivity index (χ4v) is 5.46. The van der Waals surface area contributed by atoms with Crippen LogP contribution in [0.4, 0.5) is 24.7 Å². The molecule has 3 amide bonds. The number of aromatic nitrogens is 2. The first-order valence-electron chi connectivity index (χ1n) is 13.4. The largest absolute Gasteiger partial charge is 0.416 e. The molecule has 1 aliphatic rings. The van der Waals surface area contributed by atoms with Gasteiger partial charge in [-0.25, -0.2) is 4.68 Å². The SMILES string of the molecule is CCN1C(=O)[C@@H](NC(=O)c2cccc(C(F)(F)F)c2)[C@H](c2ccccc2NC(=O)CCl)c2c(C)nn(-c3ccccc3)c21. The number of fused-ring (bicyclic) bond motifs is 1. The first-order chi connectivity index (χ1) is 20.5. The van der Waals surface area contributed by atoms with Gasteiger partial charge in [0.1, 0.15) is 17.7 Å². The van der Waals surface area contributed by atoms with Gasteiger partial charge in [-0.2, -0.15) is 18.3 Å². The Morgan fingerprint density at radius 2 is 1.70 bits per heavy atom. The van der Waals surface area contributed by atoms with E-state index in [2.05, 4.69) is 10.6 Å². The van der Waals surface area contributed by atoms with Gasteiger partial charge in [0.2, 0.25) is 5.91 Å². The maximum absolute atomic E-state index is 14.3. The standard InChI is InChI=1S/C31H27ClF3N5O3/c1-3-39-29-25(18(2)38-40(29)21-12-5-4-6-13-21)26(22-14-7-8-15-23(22)36-24(41)17-32)27(30(39)43)37-28(42)19-10-9-11-20(16-19)31(33,34)35/h4-16,26-27H,3,17H2,1-2H3,(H,36,41)(H,37,42)/t26-,27+/m1/s1. The molecular weight excluding hydrogens is 583 g/mol. The van der Waals surface area contributed by atoms with E-state index in [1.165, 1.54) is 11.0 Å². The Kier molecular flexibility index (Phi) is 8.27. The summed E-state index contributed by atoms with van der Waals surface area (Å²) in [5, 5.41) is 10.2. The molecule has 0 spiro atoms. The molecule has 1 aromatic heterocycles. The van der Waals surface area contributed by atoms with Crippen LogP contribution in [-0.4, -0.2) is 46.0 Å². The van der Waals surface area contributed by atoms with Crippen LogP contribution in [-0.2, 0) is 15.8 Å². The van der Waals surface area contributed by atoms with Crippen LogP contribution in [0.5, 0.6) is 0 Å². The molecule has 5 rings (SSSR count). The lowest BCUT2D eigenvalue weighted by atomic mass is 9.80. The van der Waals surface area contributed by atoms with Crippen molar-refractivity contribution in [2.75, 3.05) is 22.6 Å². The number of para-hydroxylation sites is 2. The summed E-state index contributed by atoms with van der Waals surface area (Å²) in [6, 6.07) is 18.8. The van der Waals surface area contributed by atoms with Crippen LogP contribution >= 0.6 is 11.6 Å². The van der Waals surface area contributed by atoms with Crippen LogP contribution < -0.4 is 15.5 Å². The highest BCUT2D eigenvalue weighted by molar-refractivity contribution is 6.29. The number of benzene rings is 3. The first kappa shape index (κ1) is 29.8. The molecule has 4 aromatic rings. The van der Waals surface area contributed by atoms with Gasteiger partial charge in [-0.05, 0) is 55.8 Å². The molecular formula is C31H27ClF3N5O3. The van der Waals surface area contributed by atoms with Crippen molar-refractivity contribution in [1.82, 2.24) is 15.1 Å². The van der Waals surface area contributed by atoms with Crippen molar-refractivity contribution in [2.24, 2.45) is 0 Å². The van der Waals surface area contributed by atoms with Gasteiger partial charge in [-0.1, -0.05) is 42.5 Å². The van der Waals surface area contributed by atoms with Crippen molar-refractivity contribution >= 4 is 40.8 Å². The van der Waals surface area contributed by atoms with Crippen LogP contribution in [0.25, 0.3) is 5.69 Å². The highest BCUT2D eigenvalue weighted by atomic mass is 35.5. The smallest absolute Gasteiger partial charge is 0.339 e. The molecule has 0 unspecified atom stereocenters. The van der Waals surface area contributed by atoms with Gasteiger partial charge in [-0.15, -0.1) is 11.6 Å². The maximum atomic E-state index is 14.3. The zero-order chi connectivity index (χ0) is 30.9. The summed E-state index contributed by atoms with van der Waals surface area (Å²) in [6.45, 7) is 3.78. The van der Waals surface area contributed by atoms with Crippen molar-refractivity contribution in [3.63, 3.8) is 0 Å². The molecule has 12 heteroatoms. The molecule has 0 saturated heterocycles. The molecule has 0 radical (unpaired) electrons. The molecule has 0 fully saturated rings. The number of nitrogens with zero attached hydrogens (tertiary/aromatic N) is 3. The molecule has 222 valence electrons. The highest BCUT2D eigenvalue weighted by Gasteiger charge is 2.46. The maximum Gasteiger partial charge on any atom is 0.416 e. The van der Waals surface area contributed by atoms with Crippen LogP contribution in [0.3, 0.4) is 0 Å². The molecule has 1 aliphatic heterocycles. The lowest BCUT2D eigenvalue weighted by Crippen LogP contribution is -2.55. The van der Waals surface area contributed by atoms with Crippen LogP contribution in [0.1, 0.15) is 45.6 Å². The molecule has 8 nitrogen and oxygen atoms in total. The number of hydrogen-bond donors (Lipinski definition) is 2. The number of rotatable bonds is 7. The van der Waals surface area contributed by atoms with E-state index >= 15 is 0 Å². The minimum Gasteiger partial charge on any atom is -0.339 e. The van der Waals surface area contributed by atoms with E-state index in [0.717, 1.165) is 18.2 Å². The Hall–Kier alpha value is -4.64. The molecule has 0 saturated carbocycles. The van der Waals surface area contributed by atoms with Crippen molar-refractivity contribution in [3.05, 3.63) is 107 Å². The number of alkyl halides is 4. The van der Waals surface area contributed by atoms with E-state index < -0.39 is 41.4 Å². The Morgan fingerprint density at radius 3 is 2.37 bits per heavy atom. The molecule has 2 N–H and O–H groups in total. The van der Waals surface area contributed by atoms with Crippen LogP contribution in [0.2, 0.25) is 0 Å². The van der Waals surface area contributed by atoms with Gasteiger partial charge >= 0.3 is 6.18 Å². The van der Waals surface area contributed by atoms with Crippen molar-refractivity contribution in [2.45, 2.75) is 32.0 Å². The Bertz CT molecular complexity index is 1690. The molecule has 2 atom stereocenters. The molecule has 2 heterocycles. The summed E-state index contributed by atoms with van der Waals surface area (Å²) in [4.78, 5) is 41.6. The van der Waals surface area contributed by atoms with Gasteiger partial charge in [-0.3, -0.25) is 19.3 Å². The zero-order valence-corrected chi connectivity index (χ0v) is 23.9. The summed E-state index contributed by atoms with van der Waals surface area (Å²) in [7, 11) is 0. The third-order valence-electron chi connectivity index (χ3n) is 7.26.